The highest BCUT2D eigenvalue weighted by atomic mass is 16.5. The number of hydrogen-bond acceptors (Lipinski definition) is 5. The lowest BCUT2D eigenvalue weighted by molar-refractivity contribution is 0.0439. The molecule has 3 aromatic rings. The number of methoxy groups -OCH3 is 1. The van der Waals surface area contributed by atoms with E-state index in [9.17, 15) is 9.59 Å². The first-order valence-electron chi connectivity index (χ1n) is 7.46. The lowest BCUT2D eigenvalue weighted by atomic mass is 10.1. The SMILES string of the molecule is COC(CN1C(=O)c2cnc3[nH]ncc3c2C1=O)c1ccccc1. The molecule has 1 aromatic carbocycles. The minimum absolute atomic E-state index is 0.145. The van der Waals surface area contributed by atoms with Crippen LogP contribution < -0.4 is 0 Å². The lowest BCUT2D eigenvalue weighted by Crippen LogP contribution is -2.34. The summed E-state index contributed by atoms with van der Waals surface area (Å²) in [5.74, 6) is -0.703. The van der Waals surface area contributed by atoms with Crippen LogP contribution in [-0.2, 0) is 4.74 Å². The summed E-state index contributed by atoms with van der Waals surface area (Å²) in [6, 6.07) is 9.50. The van der Waals surface area contributed by atoms with Crippen molar-refractivity contribution in [2.45, 2.75) is 6.10 Å². The first-order valence-corrected chi connectivity index (χ1v) is 7.46. The smallest absolute Gasteiger partial charge is 0.263 e. The predicted octanol–water partition coefficient (Wildman–Crippen LogP) is 1.94. The highest BCUT2D eigenvalue weighted by molar-refractivity contribution is 6.25. The first kappa shape index (κ1) is 14.5. The highest BCUT2D eigenvalue weighted by Gasteiger charge is 2.39. The molecule has 1 unspecified atom stereocenters. The third-order valence-electron chi connectivity index (χ3n) is 4.22. The number of ether oxygens (including phenoxy) is 1. The van der Waals surface area contributed by atoms with Gasteiger partial charge in [0.2, 0.25) is 0 Å². The Balaban J connectivity index is 1.70. The molecule has 0 saturated carbocycles. The van der Waals surface area contributed by atoms with Crippen LogP contribution in [0.3, 0.4) is 0 Å². The zero-order valence-corrected chi connectivity index (χ0v) is 12.9. The second kappa shape index (κ2) is 5.54. The quantitative estimate of drug-likeness (QED) is 0.742. The van der Waals surface area contributed by atoms with Crippen LogP contribution in [0.4, 0.5) is 0 Å². The van der Waals surface area contributed by atoms with Gasteiger partial charge in [0, 0.05) is 13.3 Å². The Labute approximate surface area is 137 Å². The molecule has 24 heavy (non-hydrogen) atoms. The van der Waals surface area contributed by atoms with E-state index in [1.54, 1.807) is 7.11 Å². The fraction of sp³-hybridized carbons (Fsp3) is 0.176. The Morgan fingerprint density at radius 3 is 2.71 bits per heavy atom. The number of carbonyl (C=O) groups is 2. The number of rotatable bonds is 4. The van der Waals surface area contributed by atoms with E-state index in [1.165, 1.54) is 17.3 Å². The van der Waals surface area contributed by atoms with Gasteiger partial charge in [-0.05, 0) is 5.56 Å². The molecule has 1 aliphatic heterocycles. The van der Waals surface area contributed by atoms with Crippen molar-refractivity contribution < 1.29 is 14.3 Å². The van der Waals surface area contributed by atoms with Crippen LogP contribution in [0.1, 0.15) is 32.4 Å². The number of aromatic nitrogens is 3. The van der Waals surface area contributed by atoms with Crippen LogP contribution in [0.5, 0.6) is 0 Å². The van der Waals surface area contributed by atoms with Gasteiger partial charge < -0.3 is 4.74 Å². The minimum Gasteiger partial charge on any atom is -0.375 e. The summed E-state index contributed by atoms with van der Waals surface area (Å²) in [6.07, 6.45) is 2.54. The van der Waals surface area contributed by atoms with E-state index in [0.29, 0.717) is 22.2 Å². The Bertz CT molecular complexity index is 935. The molecule has 0 saturated heterocycles. The number of aromatic amines is 1. The first-order chi connectivity index (χ1) is 11.7. The molecule has 2 aromatic heterocycles. The number of nitrogens with one attached hydrogen (secondary N) is 1. The predicted molar refractivity (Wildman–Crippen MR) is 85.4 cm³/mol. The van der Waals surface area contributed by atoms with Crippen LogP contribution in [0.15, 0.2) is 42.7 Å². The second-order valence-electron chi connectivity index (χ2n) is 5.54. The zero-order chi connectivity index (χ0) is 16.7. The van der Waals surface area contributed by atoms with Crippen molar-refractivity contribution in [2.24, 2.45) is 0 Å². The summed E-state index contributed by atoms with van der Waals surface area (Å²) in [6.45, 7) is 0.145. The van der Waals surface area contributed by atoms with E-state index in [2.05, 4.69) is 15.2 Å². The molecule has 0 radical (unpaired) electrons. The Morgan fingerprint density at radius 1 is 1.17 bits per heavy atom. The molecule has 0 aliphatic carbocycles. The average molecular weight is 322 g/mol. The van der Waals surface area contributed by atoms with Gasteiger partial charge in [0.15, 0.2) is 5.65 Å². The van der Waals surface area contributed by atoms with Gasteiger partial charge in [-0.25, -0.2) is 4.98 Å². The van der Waals surface area contributed by atoms with Crippen molar-refractivity contribution in [3.05, 3.63) is 59.4 Å². The van der Waals surface area contributed by atoms with E-state index >= 15 is 0 Å². The molecule has 0 bridgehead atoms. The molecule has 2 amide bonds. The number of imide groups is 1. The lowest BCUT2D eigenvalue weighted by Gasteiger charge is -2.21. The topological polar surface area (TPSA) is 88.2 Å². The van der Waals surface area contributed by atoms with Crippen molar-refractivity contribution in [3.63, 3.8) is 0 Å². The number of pyridine rings is 1. The molecule has 4 rings (SSSR count). The third-order valence-corrected chi connectivity index (χ3v) is 4.22. The van der Waals surface area contributed by atoms with Crippen molar-refractivity contribution in [3.8, 4) is 0 Å². The maximum absolute atomic E-state index is 12.8. The molecule has 1 N–H and O–H groups in total. The summed E-state index contributed by atoms with van der Waals surface area (Å²) >= 11 is 0. The number of carbonyl (C=O) groups excluding carboxylic acids is 2. The number of benzene rings is 1. The van der Waals surface area contributed by atoms with Gasteiger partial charge in [0.05, 0.1) is 29.3 Å². The fourth-order valence-corrected chi connectivity index (χ4v) is 2.98. The maximum atomic E-state index is 12.8. The van der Waals surface area contributed by atoms with Crippen LogP contribution in [-0.4, -0.2) is 45.6 Å². The van der Waals surface area contributed by atoms with Crippen molar-refractivity contribution in [1.29, 1.82) is 0 Å². The third kappa shape index (κ3) is 2.10. The zero-order valence-electron chi connectivity index (χ0n) is 12.9. The Kier molecular flexibility index (Phi) is 3.35. The summed E-state index contributed by atoms with van der Waals surface area (Å²) in [4.78, 5) is 30.8. The number of nitrogens with zero attached hydrogens (tertiary/aromatic N) is 3. The van der Waals surface area contributed by atoms with Gasteiger partial charge in [-0.3, -0.25) is 19.6 Å². The largest absolute Gasteiger partial charge is 0.375 e. The average Bonchev–Trinajstić information content (AvgIpc) is 3.18. The van der Waals surface area contributed by atoms with Gasteiger partial charge in [-0.2, -0.15) is 5.10 Å². The van der Waals surface area contributed by atoms with Crippen LogP contribution >= 0.6 is 0 Å². The molecule has 120 valence electrons. The molecule has 0 fully saturated rings. The van der Waals surface area contributed by atoms with Gasteiger partial charge in [-0.1, -0.05) is 30.3 Å². The van der Waals surface area contributed by atoms with Gasteiger partial charge in [0.1, 0.15) is 6.10 Å². The van der Waals surface area contributed by atoms with E-state index in [1.807, 2.05) is 30.3 Å². The normalized spacial score (nSPS) is 15.1. The van der Waals surface area contributed by atoms with Crippen molar-refractivity contribution >= 4 is 22.8 Å². The Morgan fingerprint density at radius 2 is 1.96 bits per heavy atom. The van der Waals surface area contributed by atoms with Crippen molar-refractivity contribution in [2.75, 3.05) is 13.7 Å². The summed E-state index contributed by atoms with van der Waals surface area (Å²) in [5.41, 5.74) is 2.05. The maximum Gasteiger partial charge on any atom is 0.263 e. The summed E-state index contributed by atoms with van der Waals surface area (Å²) in [7, 11) is 1.56. The van der Waals surface area contributed by atoms with Crippen LogP contribution in [0.25, 0.3) is 11.0 Å². The van der Waals surface area contributed by atoms with Crippen LogP contribution in [0, 0.1) is 0 Å². The van der Waals surface area contributed by atoms with E-state index in [0.717, 1.165) is 5.56 Å². The fourth-order valence-electron chi connectivity index (χ4n) is 2.98. The van der Waals surface area contributed by atoms with Gasteiger partial charge in [-0.15, -0.1) is 0 Å². The molecule has 7 heteroatoms. The second-order valence-corrected chi connectivity index (χ2v) is 5.54. The standard InChI is InChI=1S/C17H14N4O3/c1-24-13(10-5-3-2-4-6-10)9-21-16(22)12-7-18-15-11(8-19-20-15)14(12)17(21)23/h2-8,13H,9H2,1H3,(H,18,19,20). The molecule has 1 aliphatic rings. The monoisotopic (exact) mass is 322 g/mol. The van der Waals surface area contributed by atoms with Crippen molar-refractivity contribution in [1.82, 2.24) is 20.1 Å². The number of H-pyrrole nitrogens is 1. The molecule has 3 heterocycles. The van der Waals surface area contributed by atoms with Crippen LogP contribution in [0.2, 0.25) is 0 Å². The van der Waals surface area contributed by atoms with E-state index in [4.69, 9.17) is 4.74 Å². The van der Waals surface area contributed by atoms with E-state index in [-0.39, 0.29) is 24.5 Å². The van der Waals surface area contributed by atoms with E-state index < -0.39 is 0 Å². The summed E-state index contributed by atoms with van der Waals surface area (Å²) in [5, 5.41) is 7.16. The minimum atomic E-state index is -0.388. The van der Waals surface area contributed by atoms with Gasteiger partial charge in [0.25, 0.3) is 11.8 Å². The molecule has 7 nitrogen and oxygen atoms in total. The molecule has 0 spiro atoms. The Hall–Kier alpha value is -3.06. The summed E-state index contributed by atoms with van der Waals surface area (Å²) < 4.78 is 5.49. The number of amides is 2. The molecular formula is C17H14N4O3. The highest BCUT2D eigenvalue weighted by Crippen LogP contribution is 2.30. The number of fused-ring (bicyclic) bond motifs is 3. The van der Waals surface area contributed by atoms with Gasteiger partial charge >= 0.3 is 0 Å². The number of hydrogen-bond donors (Lipinski definition) is 1. The molecule has 1 atom stereocenters. The molecular weight excluding hydrogens is 308 g/mol.